The van der Waals surface area contributed by atoms with Crippen LogP contribution in [0.25, 0.3) is 16.6 Å². The first-order chi connectivity index (χ1) is 10.3. The number of hydrogen-bond acceptors (Lipinski definition) is 6. The predicted molar refractivity (Wildman–Crippen MR) is 75.2 cm³/mol. The molecular formula is C14H8N6O. The van der Waals surface area contributed by atoms with Gasteiger partial charge >= 0.3 is 0 Å². The maximum absolute atomic E-state index is 5.81. The SMILES string of the molecule is Nc1noc2cccc(C#Cc3cnn4cncnc34)c12. The first kappa shape index (κ1) is 11.4. The van der Waals surface area contributed by atoms with Gasteiger partial charge < -0.3 is 10.3 Å². The van der Waals surface area contributed by atoms with Crippen LogP contribution < -0.4 is 5.73 Å². The molecular weight excluding hydrogens is 268 g/mol. The predicted octanol–water partition coefficient (Wildman–Crippen LogP) is 1.25. The Kier molecular flexibility index (Phi) is 2.35. The summed E-state index contributed by atoms with van der Waals surface area (Å²) in [5.41, 5.74) is 8.54. The molecule has 0 unspecified atom stereocenters. The van der Waals surface area contributed by atoms with Gasteiger partial charge in [-0.25, -0.2) is 14.5 Å². The largest absolute Gasteiger partial charge is 0.380 e. The average molecular weight is 276 g/mol. The Labute approximate surface area is 118 Å². The molecule has 21 heavy (non-hydrogen) atoms. The molecule has 100 valence electrons. The first-order valence-electron chi connectivity index (χ1n) is 6.12. The number of nitrogens with two attached hydrogens (primary N) is 1. The van der Waals surface area contributed by atoms with E-state index in [1.807, 2.05) is 12.1 Å². The fourth-order valence-corrected chi connectivity index (χ4v) is 2.09. The number of anilines is 1. The van der Waals surface area contributed by atoms with Crippen LogP contribution in [0.3, 0.4) is 0 Å². The molecule has 7 nitrogen and oxygen atoms in total. The minimum Gasteiger partial charge on any atom is -0.380 e. The second-order valence-electron chi connectivity index (χ2n) is 4.33. The van der Waals surface area contributed by atoms with E-state index in [0.29, 0.717) is 22.6 Å². The van der Waals surface area contributed by atoms with Crippen molar-refractivity contribution in [2.75, 3.05) is 5.73 Å². The third-order valence-corrected chi connectivity index (χ3v) is 3.05. The van der Waals surface area contributed by atoms with E-state index in [1.165, 1.54) is 6.33 Å². The van der Waals surface area contributed by atoms with Gasteiger partial charge in [0.25, 0.3) is 0 Å². The summed E-state index contributed by atoms with van der Waals surface area (Å²) < 4.78 is 6.68. The number of nitrogens with zero attached hydrogens (tertiary/aromatic N) is 5. The van der Waals surface area contributed by atoms with Crippen molar-refractivity contribution in [3.8, 4) is 11.8 Å². The third kappa shape index (κ3) is 1.78. The van der Waals surface area contributed by atoms with Gasteiger partial charge in [-0.3, -0.25) is 0 Å². The zero-order valence-electron chi connectivity index (χ0n) is 10.7. The van der Waals surface area contributed by atoms with Crippen LogP contribution in [0, 0.1) is 11.8 Å². The van der Waals surface area contributed by atoms with Crippen molar-refractivity contribution in [3.63, 3.8) is 0 Å². The molecule has 3 heterocycles. The first-order valence-corrected chi connectivity index (χ1v) is 6.12. The van der Waals surface area contributed by atoms with Gasteiger partial charge in [-0.15, -0.1) is 0 Å². The van der Waals surface area contributed by atoms with Crippen LogP contribution in [0.5, 0.6) is 0 Å². The molecule has 0 saturated heterocycles. The van der Waals surface area contributed by atoms with Gasteiger partial charge in [-0.2, -0.15) is 5.10 Å². The third-order valence-electron chi connectivity index (χ3n) is 3.05. The van der Waals surface area contributed by atoms with E-state index in [9.17, 15) is 0 Å². The van der Waals surface area contributed by atoms with Crippen LogP contribution >= 0.6 is 0 Å². The number of rotatable bonds is 0. The minimum absolute atomic E-state index is 0.331. The lowest BCUT2D eigenvalue weighted by atomic mass is 10.1. The van der Waals surface area contributed by atoms with Gasteiger partial charge in [0, 0.05) is 5.56 Å². The van der Waals surface area contributed by atoms with Gasteiger partial charge in [-0.05, 0) is 12.1 Å². The molecule has 0 bridgehead atoms. The number of fused-ring (bicyclic) bond motifs is 2. The van der Waals surface area contributed by atoms with Crippen molar-refractivity contribution in [3.05, 3.63) is 48.2 Å². The summed E-state index contributed by atoms with van der Waals surface area (Å²) in [7, 11) is 0. The molecule has 4 aromatic rings. The van der Waals surface area contributed by atoms with Crippen LogP contribution in [-0.4, -0.2) is 24.7 Å². The Morgan fingerprint density at radius 2 is 2.10 bits per heavy atom. The Balaban J connectivity index is 1.87. The molecule has 0 amide bonds. The summed E-state index contributed by atoms with van der Waals surface area (Å²) in [6.07, 6.45) is 4.68. The van der Waals surface area contributed by atoms with Crippen LogP contribution in [0.15, 0.2) is 41.6 Å². The average Bonchev–Trinajstić information content (AvgIpc) is 3.10. The molecule has 0 radical (unpaired) electrons. The van der Waals surface area contributed by atoms with Gasteiger partial charge in [0.1, 0.15) is 12.7 Å². The van der Waals surface area contributed by atoms with Gasteiger partial charge in [0.2, 0.25) is 0 Å². The smallest absolute Gasteiger partial charge is 0.176 e. The van der Waals surface area contributed by atoms with Crippen LogP contribution in [-0.2, 0) is 0 Å². The molecule has 0 saturated carbocycles. The molecule has 0 aliphatic carbocycles. The summed E-state index contributed by atoms with van der Waals surface area (Å²) in [4.78, 5) is 8.05. The van der Waals surface area contributed by atoms with Crippen molar-refractivity contribution in [2.45, 2.75) is 0 Å². The number of nitrogen functional groups attached to an aromatic ring is 1. The fraction of sp³-hybridized carbons (Fsp3) is 0. The van der Waals surface area contributed by atoms with Crippen molar-refractivity contribution in [1.29, 1.82) is 0 Å². The van der Waals surface area contributed by atoms with Crippen LogP contribution in [0.1, 0.15) is 11.1 Å². The highest BCUT2D eigenvalue weighted by atomic mass is 16.5. The zero-order chi connectivity index (χ0) is 14.2. The lowest BCUT2D eigenvalue weighted by Gasteiger charge is -1.92. The quantitative estimate of drug-likeness (QED) is 0.486. The summed E-state index contributed by atoms with van der Waals surface area (Å²) in [6.45, 7) is 0. The fourth-order valence-electron chi connectivity index (χ4n) is 2.09. The molecule has 0 fully saturated rings. The second kappa shape index (κ2) is 4.31. The standard InChI is InChI=1S/C14H8N6O/c15-13-12-9(2-1-3-11(12)21-19-13)4-5-10-6-18-20-8-16-7-17-14(10)20/h1-3,6-8H,(H2,15,19). The molecule has 7 heteroatoms. The van der Waals surface area contributed by atoms with E-state index < -0.39 is 0 Å². The molecule has 4 rings (SSSR count). The van der Waals surface area contributed by atoms with E-state index >= 15 is 0 Å². The summed E-state index contributed by atoms with van der Waals surface area (Å²) in [5, 5.41) is 8.60. The van der Waals surface area contributed by atoms with E-state index in [4.69, 9.17) is 10.3 Å². The van der Waals surface area contributed by atoms with Gasteiger partial charge in [0.15, 0.2) is 17.0 Å². The molecule has 2 N–H and O–H groups in total. The van der Waals surface area contributed by atoms with Crippen LogP contribution in [0.2, 0.25) is 0 Å². The van der Waals surface area contributed by atoms with E-state index in [-0.39, 0.29) is 0 Å². The molecule has 0 aliphatic heterocycles. The highest BCUT2D eigenvalue weighted by Crippen LogP contribution is 2.23. The van der Waals surface area contributed by atoms with E-state index in [2.05, 4.69) is 32.1 Å². The van der Waals surface area contributed by atoms with Gasteiger partial charge in [0.05, 0.1) is 17.1 Å². The molecule has 3 aromatic heterocycles. The Morgan fingerprint density at radius 3 is 3.05 bits per heavy atom. The van der Waals surface area contributed by atoms with Gasteiger partial charge in [-0.1, -0.05) is 23.1 Å². The Bertz CT molecular complexity index is 1020. The lowest BCUT2D eigenvalue weighted by molar-refractivity contribution is 0.460. The monoisotopic (exact) mass is 276 g/mol. The number of benzene rings is 1. The molecule has 1 aromatic carbocycles. The summed E-state index contributed by atoms with van der Waals surface area (Å²) in [6, 6.07) is 5.51. The minimum atomic E-state index is 0.331. The van der Waals surface area contributed by atoms with Crippen molar-refractivity contribution in [2.24, 2.45) is 0 Å². The van der Waals surface area contributed by atoms with Crippen molar-refractivity contribution >= 4 is 22.4 Å². The normalized spacial score (nSPS) is 10.7. The summed E-state index contributed by atoms with van der Waals surface area (Å²) in [5.74, 6) is 6.44. The molecule has 0 aliphatic rings. The van der Waals surface area contributed by atoms with E-state index in [1.54, 1.807) is 23.1 Å². The van der Waals surface area contributed by atoms with Crippen LogP contribution in [0.4, 0.5) is 5.82 Å². The van der Waals surface area contributed by atoms with E-state index in [0.717, 1.165) is 10.9 Å². The number of hydrogen-bond donors (Lipinski definition) is 1. The summed E-state index contributed by atoms with van der Waals surface area (Å²) >= 11 is 0. The highest BCUT2D eigenvalue weighted by Gasteiger charge is 2.08. The molecule has 0 spiro atoms. The maximum atomic E-state index is 5.81. The highest BCUT2D eigenvalue weighted by molar-refractivity contribution is 5.92. The Hall–Kier alpha value is -3.40. The maximum Gasteiger partial charge on any atom is 0.176 e. The van der Waals surface area contributed by atoms with Crippen molar-refractivity contribution < 1.29 is 4.52 Å². The Morgan fingerprint density at radius 1 is 1.19 bits per heavy atom. The lowest BCUT2D eigenvalue weighted by Crippen LogP contribution is -1.90. The second-order valence-corrected chi connectivity index (χ2v) is 4.33. The molecule has 0 atom stereocenters. The zero-order valence-corrected chi connectivity index (χ0v) is 10.7. The number of aromatic nitrogens is 5. The topological polar surface area (TPSA) is 95.1 Å². The van der Waals surface area contributed by atoms with Crippen molar-refractivity contribution in [1.82, 2.24) is 24.7 Å².